The van der Waals surface area contributed by atoms with Crippen molar-refractivity contribution in [1.82, 2.24) is 24.8 Å². The molecule has 2 aromatic rings. The SMILES string of the molecule is Cc1n[nH]c(C)c1S(=O)(=O)N(C)CC(=O)NCc1cccnc1. The van der Waals surface area contributed by atoms with E-state index in [1.807, 2.05) is 6.07 Å². The molecular weight excluding hydrogens is 318 g/mol. The van der Waals surface area contributed by atoms with E-state index in [-0.39, 0.29) is 11.4 Å². The summed E-state index contributed by atoms with van der Waals surface area (Å²) in [5.74, 6) is -0.390. The number of amides is 1. The zero-order valence-electron chi connectivity index (χ0n) is 13.2. The van der Waals surface area contributed by atoms with Crippen LogP contribution in [0, 0.1) is 13.8 Å². The number of hydrogen-bond acceptors (Lipinski definition) is 5. The van der Waals surface area contributed by atoms with Gasteiger partial charge in [0.2, 0.25) is 15.9 Å². The summed E-state index contributed by atoms with van der Waals surface area (Å²) in [5, 5.41) is 9.18. The summed E-state index contributed by atoms with van der Waals surface area (Å²) in [6, 6.07) is 3.59. The summed E-state index contributed by atoms with van der Waals surface area (Å²) >= 11 is 0. The lowest BCUT2D eigenvalue weighted by atomic mass is 10.3. The number of carbonyl (C=O) groups excluding carboxylic acids is 1. The average Bonchev–Trinajstić information content (AvgIpc) is 2.85. The highest BCUT2D eigenvalue weighted by atomic mass is 32.2. The number of hydrogen-bond donors (Lipinski definition) is 2. The average molecular weight is 337 g/mol. The maximum Gasteiger partial charge on any atom is 0.246 e. The molecular formula is C14H19N5O3S. The first-order valence-corrected chi connectivity index (χ1v) is 8.40. The Labute approximate surface area is 135 Å². The molecule has 124 valence electrons. The number of sulfonamides is 1. The normalized spacial score (nSPS) is 11.7. The molecule has 9 heteroatoms. The topological polar surface area (TPSA) is 108 Å². The number of aromatic nitrogens is 3. The van der Waals surface area contributed by atoms with Gasteiger partial charge in [-0.3, -0.25) is 14.9 Å². The van der Waals surface area contributed by atoms with Crippen LogP contribution in [0.15, 0.2) is 29.4 Å². The highest BCUT2D eigenvalue weighted by Gasteiger charge is 2.28. The Bertz CT molecular complexity index is 766. The summed E-state index contributed by atoms with van der Waals surface area (Å²) in [5.41, 5.74) is 1.67. The molecule has 2 N–H and O–H groups in total. The van der Waals surface area contributed by atoms with Gasteiger partial charge in [0.05, 0.1) is 17.9 Å². The molecule has 1 amide bonds. The number of likely N-dealkylation sites (N-methyl/N-ethyl adjacent to an activating group) is 1. The van der Waals surface area contributed by atoms with Crippen molar-refractivity contribution in [2.24, 2.45) is 0 Å². The van der Waals surface area contributed by atoms with Crippen molar-refractivity contribution in [1.29, 1.82) is 0 Å². The van der Waals surface area contributed by atoms with E-state index in [1.165, 1.54) is 7.05 Å². The zero-order chi connectivity index (χ0) is 17.0. The Morgan fingerprint density at radius 2 is 2.13 bits per heavy atom. The minimum absolute atomic E-state index is 0.111. The predicted octanol–water partition coefficient (Wildman–Crippen LogP) is 0.358. The van der Waals surface area contributed by atoms with Gasteiger partial charge in [-0.25, -0.2) is 8.42 Å². The van der Waals surface area contributed by atoms with Gasteiger partial charge in [0, 0.05) is 26.0 Å². The van der Waals surface area contributed by atoms with E-state index in [9.17, 15) is 13.2 Å². The Morgan fingerprint density at radius 3 is 2.70 bits per heavy atom. The third kappa shape index (κ3) is 3.93. The molecule has 0 spiro atoms. The number of nitrogens with one attached hydrogen (secondary N) is 2. The summed E-state index contributed by atoms with van der Waals surface area (Å²) in [7, 11) is -2.40. The molecule has 0 fully saturated rings. The molecule has 0 aliphatic carbocycles. The smallest absolute Gasteiger partial charge is 0.246 e. The molecule has 2 aromatic heterocycles. The van der Waals surface area contributed by atoms with Gasteiger partial charge in [0.1, 0.15) is 4.90 Å². The van der Waals surface area contributed by atoms with Gasteiger partial charge in [0.25, 0.3) is 0 Å². The van der Waals surface area contributed by atoms with Crippen molar-refractivity contribution in [2.75, 3.05) is 13.6 Å². The molecule has 0 aliphatic rings. The van der Waals surface area contributed by atoms with Crippen LogP contribution in [0.2, 0.25) is 0 Å². The lowest BCUT2D eigenvalue weighted by Crippen LogP contribution is -2.38. The highest BCUT2D eigenvalue weighted by molar-refractivity contribution is 7.89. The summed E-state index contributed by atoms with van der Waals surface area (Å²) in [6.45, 7) is 3.26. The molecule has 23 heavy (non-hydrogen) atoms. The van der Waals surface area contributed by atoms with Gasteiger partial charge < -0.3 is 5.32 Å². The number of rotatable bonds is 6. The largest absolute Gasteiger partial charge is 0.351 e. The van der Waals surface area contributed by atoms with Gasteiger partial charge in [-0.2, -0.15) is 9.40 Å². The third-order valence-corrected chi connectivity index (χ3v) is 5.37. The zero-order valence-corrected chi connectivity index (χ0v) is 14.0. The number of pyridine rings is 1. The highest BCUT2D eigenvalue weighted by Crippen LogP contribution is 2.20. The second-order valence-electron chi connectivity index (χ2n) is 5.16. The molecule has 0 aliphatic heterocycles. The van der Waals surface area contributed by atoms with Crippen LogP contribution in [-0.2, 0) is 21.4 Å². The van der Waals surface area contributed by atoms with E-state index < -0.39 is 15.9 Å². The summed E-state index contributed by atoms with van der Waals surface area (Å²) in [6.07, 6.45) is 3.28. The lowest BCUT2D eigenvalue weighted by molar-refractivity contribution is -0.121. The molecule has 2 heterocycles. The fourth-order valence-corrected chi connectivity index (χ4v) is 3.57. The minimum atomic E-state index is -3.77. The molecule has 0 atom stereocenters. The van der Waals surface area contributed by atoms with Crippen LogP contribution in [0.25, 0.3) is 0 Å². The fraction of sp³-hybridized carbons (Fsp3) is 0.357. The predicted molar refractivity (Wildman–Crippen MR) is 84.0 cm³/mol. The van der Waals surface area contributed by atoms with E-state index in [0.717, 1.165) is 9.87 Å². The van der Waals surface area contributed by atoms with Crippen molar-refractivity contribution in [3.05, 3.63) is 41.5 Å². The van der Waals surface area contributed by atoms with E-state index in [0.29, 0.717) is 17.9 Å². The van der Waals surface area contributed by atoms with Crippen molar-refractivity contribution in [3.63, 3.8) is 0 Å². The van der Waals surface area contributed by atoms with Crippen LogP contribution in [-0.4, -0.2) is 47.4 Å². The summed E-state index contributed by atoms with van der Waals surface area (Å²) < 4.78 is 26.1. The molecule has 0 radical (unpaired) electrons. The van der Waals surface area contributed by atoms with Crippen LogP contribution >= 0.6 is 0 Å². The third-order valence-electron chi connectivity index (χ3n) is 3.31. The number of carbonyl (C=O) groups is 1. The molecule has 0 aromatic carbocycles. The van der Waals surface area contributed by atoms with Crippen LogP contribution in [0.3, 0.4) is 0 Å². The Hall–Kier alpha value is -2.26. The first-order chi connectivity index (χ1) is 10.8. The van der Waals surface area contributed by atoms with Gasteiger partial charge >= 0.3 is 0 Å². The van der Waals surface area contributed by atoms with Gasteiger partial charge in [-0.05, 0) is 25.5 Å². The lowest BCUT2D eigenvalue weighted by Gasteiger charge is -2.17. The Kier molecular flexibility index (Phi) is 5.12. The molecule has 0 saturated heterocycles. The number of aryl methyl sites for hydroxylation is 2. The van der Waals surface area contributed by atoms with Crippen molar-refractivity contribution in [2.45, 2.75) is 25.3 Å². The molecule has 0 saturated carbocycles. The maximum absolute atomic E-state index is 12.5. The molecule has 2 rings (SSSR count). The van der Waals surface area contributed by atoms with Crippen LogP contribution < -0.4 is 5.32 Å². The summed E-state index contributed by atoms with van der Waals surface area (Å²) in [4.78, 5) is 16.0. The van der Waals surface area contributed by atoms with Crippen LogP contribution in [0.5, 0.6) is 0 Å². The second kappa shape index (κ2) is 6.88. The Balaban J connectivity index is 2.01. The van der Waals surface area contributed by atoms with Crippen molar-refractivity contribution >= 4 is 15.9 Å². The number of H-pyrrole nitrogens is 1. The second-order valence-corrected chi connectivity index (χ2v) is 7.14. The van der Waals surface area contributed by atoms with E-state index in [1.54, 1.807) is 32.3 Å². The number of aromatic amines is 1. The number of nitrogens with zero attached hydrogens (tertiary/aromatic N) is 3. The van der Waals surface area contributed by atoms with Crippen molar-refractivity contribution in [3.8, 4) is 0 Å². The van der Waals surface area contributed by atoms with Crippen LogP contribution in [0.1, 0.15) is 17.0 Å². The molecule has 8 nitrogen and oxygen atoms in total. The van der Waals surface area contributed by atoms with Crippen LogP contribution in [0.4, 0.5) is 0 Å². The monoisotopic (exact) mass is 337 g/mol. The fourth-order valence-electron chi connectivity index (χ4n) is 2.12. The van der Waals surface area contributed by atoms with Gasteiger partial charge in [0.15, 0.2) is 0 Å². The van der Waals surface area contributed by atoms with Crippen molar-refractivity contribution < 1.29 is 13.2 Å². The standard InChI is InChI=1S/C14H19N5O3S/c1-10-14(11(2)18-17-10)23(21,22)19(3)9-13(20)16-8-12-5-4-6-15-7-12/h4-7H,8-9H2,1-3H3,(H,16,20)(H,17,18). The quantitative estimate of drug-likeness (QED) is 0.791. The molecule has 0 unspecified atom stereocenters. The maximum atomic E-state index is 12.5. The van der Waals surface area contributed by atoms with E-state index in [4.69, 9.17) is 0 Å². The first kappa shape index (κ1) is 17.1. The van der Waals surface area contributed by atoms with Gasteiger partial charge in [-0.15, -0.1) is 0 Å². The van der Waals surface area contributed by atoms with E-state index >= 15 is 0 Å². The minimum Gasteiger partial charge on any atom is -0.351 e. The van der Waals surface area contributed by atoms with E-state index in [2.05, 4.69) is 20.5 Å². The molecule has 0 bridgehead atoms. The Morgan fingerprint density at radius 1 is 1.39 bits per heavy atom. The first-order valence-electron chi connectivity index (χ1n) is 6.96. The van der Waals surface area contributed by atoms with Gasteiger partial charge in [-0.1, -0.05) is 6.07 Å².